The van der Waals surface area contributed by atoms with E-state index in [0.29, 0.717) is 10.1 Å². The van der Waals surface area contributed by atoms with Crippen LogP contribution in [0.15, 0.2) is 24.3 Å². The summed E-state index contributed by atoms with van der Waals surface area (Å²) in [4.78, 5) is 13.6. The molecule has 0 spiro atoms. The van der Waals surface area contributed by atoms with Crippen molar-refractivity contribution in [1.82, 2.24) is 5.32 Å². The normalized spacial score (nSPS) is 34.2. The van der Waals surface area contributed by atoms with Crippen molar-refractivity contribution >= 4 is 40.5 Å². The number of nitrogens with zero attached hydrogens (tertiary/aromatic N) is 1. The Bertz CT molecular complexity index is 612. The lowest BCUT2D eigenvalue weighted by Crippen LogP contribution is -2.60. The van der Waals surface area contributed by atoms with E-state index >= 15 is 0 Å². The Balaban J connectivity index is 2.01. The molecule has 1 aliphatic heterocycles. The predicted molar refractivity (Wildman–Crippen MR) is 86.6 cm³/mol. The first-order valence-electron chi connectivity index (χ1n) is 6.91. The Morgan fingerprint density at radius 1 is 1.36 bits per heavy atom. The molecule has 1 saturated carbocycles. The second-order valence-corrected chi connectivity index (χ2v) is 6.44. The van der Waals surface area contributed by atoms with Crippen LogP contribution < -0.4 is 16.0 Å². The fraction of sp³-hybridized carbons (Fsp3) is 0.429. The molecule has 8 heteroatoms. The Hall–Kier alpha value is -1.41. The number of primary amides is 1. The lowest BCUT2D eigenvalue weighted by Gasteiger charge is -2.40. The molecule has 118 valence electrons. The van der Waals surface area contributed by atoms with Crippen molar-refractivity contribution in [2.45, 2.75) is 30.7 Å². The van der Waals surface area contributed by atoms with Gasteiger partial charge in [0.15, 0.2) is 5.11 Å². The van der Waals surface area contributed by atoms with E-state index in [2.05, 4.69) is 5.32 Å². The molecule has 1 aliphatic carbocycles. The lowest BCUT2D eigenvalue weighted by atomic mass is 9.77. The average Bonchev–Trinajstić information content (AvgIpc) is 2.81. The zero-order chi connectivity index (χ0) is 16.0. The first-order valence-corrected chi connectivity index (χ1v) is 7.69. The average molecular weight is 342 g/mol. The maximum absolute atomic E-state index is 11.8. The zero-order valence-corrected chi connectivity index (χ0v) is 13.1. The highest BCUT2D eigenvalue weighted by Crippen LogP contribution is 2.36. The summed E-state index contributed by atoms with van der Waals surface area (Å²) < 4.78 is 0. The monoisotopic (exact) mass is 341 g/mol. The van der Waals surface area contributed by atoms with Gasteiger partial charge in [0.05, 0.1) is 24.1 Å². The van der Waals surface area contributed by atoms with Crippen molar-refractivity contribution in [3.05, 3.63) is 29.3 Å². The fourth-order valence-corrected chi connectivity index (χ4v) is 3.75. The number of thiocarbonyl (C=S) groups is 1. The number of aliphatic hydroxyl groups is 2. The minimum absolute atomic E-state index is 0.103. The summed E-state index contributed by atoms with van der Waals surface area (Å²) in [5.41, 5.74) is 6.24. The molecule has 1 aromatic rings. The molecule has 6 nitrogen and oxygen atoms in total. The Morgan fingerprint density at radius 2 is 2.00 bits per heavy atom. The van der Waals surface area contributed by atoms with Crippen LogP contribution in [0, 0.1) is 5.92 Å². The predicted octanol–water partition coefficient (Wildman–Crippen LogP) is -0.00130. The highest BCUT2D eigenvalue weighted by atomic mass is 35.5. The van der Waals surface area contributed by atoms with Gasteiger partial charge in [-0.25, -0.2) is 0 Å². The highest BCUT2D eigenvalue weighted by molar-refractivity contribution is 7.80. The second kappa shape index (κ2) is 5.66. The molecule has 0 unspecified atom stereocenters. The number of fused-ring (bicyclic) bond motifs is 1. The molecule has 1 saturated heterocycles. The summed E-state index contributed by atoms with van der Waals surface area (Å²) in [5, 5.41) is 24.1. The van der Waals surface area contributed by atoms with Crippen molar-refractivity contribution in [2.24, 2.45) is 11.7 Å². The van der Waals surface area contributed by atoms with E-state index in [0.717, 1.165) is 5.69 Å². The van der Waals surface area contributed by atoms with Crippen LogP contribution in [-0.2, 0) is 4.79 Å². The fourth-order valence-electron chi connectivity index (χ4n) is 3.27. The molecule has 1 heterocycles. The topological polar surface area (TPSA) is 98.8 Å². The van der Waals surface area contributed by atoms with Gasteiger partial charge in [0.2, 0.25) is 5.91 Å². The molecule has 2 aliphatic rings. The number of nitrogens with one attached hydrogen (secondary N) is 1. The van der Waals surface area contributed by atoms with Gasteiger partial charge in [0.1, 0.15) is 6.10 Å². The maximum Gasteiger partial charge on any atom is 0.222 e. The van der Waals surface area contributed by atoms with E-state index in [9.17, 15) is 15.0 Å². The molecular weight excluding hydrogens is 326 g/mol. The van der Waals surface area contributed by atoms with Crippen LogP contribution in [0.5, 0.6) is 0 Å². The summed E-state index contributed by atoms with van der Waals surface area (Å²) in [5.74, 6) is -1.14. The van der Waals surface area contributed by atoms with E-state index < -0.39 is 36.1 Å². The largest absolute Gasteiger partial charge is 0.390 e. The van der Waals surface area contributed by atoms with Crippen LogP contribution in [0.2, 0.25) is 5.02 Å². The number of anilines is 1. The standard InChI is InChI=1S/C14H16ClN3O3S/c15-6-1-3-7(4-2-6)18-11-8(13(16)21)5-9(19)12(20)10(11)17-14(18)22/h1-4,8-12,19-20H,5H2,(H2,16,21)(H,17,22)/t8-,9-,10-,11-,12+/m1/s1. The molecular formula is C14H16ClN3O3S. The van der Waals surface area contributed by atoms with Gasteiger partial charge in [-0.15, -0.1) is 0 Å². The number of carbonyl (C=O) groups excluding carboxylic acids is 1. The number of amides is 1. The van der Waals surface area contributed by atoms with E-state index in [1.54, 1.807) is 29.2 Å². The number of carbonyl (C=O) groups is 1. The number of nitrogens with two attached hydrogens (primary N) is 1. The Kier molecular flexibility index (Phi) is 3.98. The van der Waals surface area contributed by atoms with Gasteiger partial charge in [-0.2, -0.15) is 0 Å². The second-order valence-electron chi connectivity index (χ2n) is 5.61. The third kappa shape index (κ3) is 2.44. The van der Waals surface area contributed by atoms with Gasteiger partial charge >= 0.3 is 0 Å². The van der Waals surface area contributed by atoms with Crippen LogP contribution in [0.25, 0.3) is 0 Å². The molecule has 5 atom stereocenters. The van der Waals surface area contributed by atoms with Crippen molar-refractivity contribution in [2.75, 3.05) is 4.90 Å². The summed E-state index contributed by atoms with van der Waals surface area (Å²) >= 11 is 11.2. The minimum atomic E-state index is -1.02. The van der Waals surface area contributed by atoms with Crippen molar-refractivity contribution in [1.29, 1.82) is 0 Å². The van der Waals surface area contributed by atoms with Crippen LogP contribution in [0.3, 0.4) is 0 Å². The van der Waals surface area contributed by atoms with Crippen molar-refractivity contribution < 1.29 is 15.0 Å². The van der Waals surface area contributed by atoms with Crippen molar-refractivity contribution in [3.63, 3.8) is 0 Å². The van der Waals surface area contributed by atoms with Gasteiger partial charge in [-0.1, -0.05) is 11.6 Å². The molecule has 1 amide bonds. The third-order valence-electron chi connectivity index (χ3n) is 4.32. The molecule has 1 aromatic carbocycles. The lowest BCUT2D eigenvalue weighted by molar-refractivity contribution is -0.127. The summed E-state index contributed by atoms with van der Waals surface area (Å²) in [7, 11) is 0. The van der Waals surface area contributed by atoms with Crippen LogP contribution in [0.1, 0.15) is 6.42 Å². The highest BCUT2D eigenvalue weighted by Gasteiger charge is 2.53. The first-order chi connectivity index (χ1) is 10.4. The molecule has 0 radical (unpaired) electrons. The Morgan fingerprint density at radius 3 is 2.59 bits per heavy atom. The van der Waals surface area contributed by atoms with Gasteiger partial charge in [-0.3, -0.25) is 4.79 Å². The SMILES string of the molecule is NC(=O)[C@@H]1C[C@@H](O)[C@H](O)[C@@H]2NC(=S)N(c3ccc(Cl)cc3)[C@@H]21. The van der Waals surface area contributed by atoms with Gasteiger partial charge in [-0.05, 0) is 42.9 Å². The van der Waals surface area contributed by atoms with Crippen LogP contribution in [0.4, 0.5) is 5.69 Å². The van der Waals surface area contributed by atoms with E-state index in [1.165, 1.54) is 0 Å². The summed E-state index contributed by atoms with van der Waals surface area (Å²) in [6.45, 7) is 0. The number of benzene rings is 1. The molecule has 0 bridgehead atoms. The molecule has 3 rings (SSSR count). The number of hydrogen-bond donors (Lipinski definition) is 4. The van der Waals surface area contributed by atoms with E-state index in [4.69, 9.17) is 29.6 Å². The van der Waals surface area contributed by atoms with Crippen molar-refractivity contribution in [3.8, 4) is 0 Å². The van der Waals surface area contributed by atoms with Gasteiger partial charge < -0.3 is 26.2 Å². The number of hydrogen-bond acceptors (Lipinski definition) is 4. The van der Waals surface area contributed by atoms with Crippen LogP contribution >= 0.6 is 23.8 Å². The number of halogens is 1. The van der Waals surface area contributed by atoms with Gasteiger partial charge in [0, 0.05) is 10.7 Å². The van der Waals surface area contributed by atoms with E-state index in [1.807, 2.05) is 0 Å². The Labute approximate surface area is 137 Å². The quantitative estimate of drug-likeness (QED) is 0.565. The van der Waals surface area contributed by atoms with Crippen LogP contribution in [-0.4, -0.2) is 45.5 Å². The van der Waals surface area contributed by atoms with E-state index in [-0.39, 0.29) is 6.42 Å². The molecule has 0 aromatic heterocycles. The minimum Gasteiger partial charge on any atom is -0.390 e. The first kappa shape index (κ1) is 15.5. The molecule has 22 heavy (non-hydrogen) atoms. The smallest absolute Gasteiger partial charge is 0.222 e. The van der Waals surface area contributed by atoms with Gasteiger partial charge in [0.25, 0.3) is 0 Å². The number of aliphatic hydroxyl groups excluding tert-OH is 2. The third-order valence-corrected chi connectivity index (χ3v) is 4.88. The zero-order valence-electron chi connectivity index (χ0n) is 11.5. The molecule has 2 fully saturated rings. The summed E-state index contributed by atoms with van der Waals surface area (Å²) in [6.07, 6.45) is -1.93. The maximum atomic E-state index is 11.8. The number of rotatable bonds is 2. The summed E-state index contributed by atoms with van der Waals surface area (Å²) in [6, 6.07) is 6.02. The molecule has 5 N–H and O–H groups in total.